The van der Waals surface area contributed by atoms with Crippen LogP contribution in [0.25, 0.3) is 11.5 Å². The van der Waals surface area contributed by atoms with E-state index >= 15 is 0 Å². The van der Waals surface area contributed by atoms with Gasteiger partial charge in [0.1, 0.15) is 0 Å². The molecule has 3 N–H and O–H groups in total. The van der Waals surface area contributed by atoms with E-state index in [1.54, 1.807) is 0 Å². The van der Waals surface area contributed by atoms with Gasteiger partial charge in [-0.15, -0.1) is 0 Å². The van der Waals surface area contributed by atoms with Crippen LogP contribution in [0.5, 0.6) is 0 Å². The molecule has 1 heterocycles. The van der Waals surface area contributed by atoms with E-state index in [0.29, 0.717) is 11.7 Å². The van der Waals surface area contributed by atoms with E-state index in [-0.39, 0.29) is 32.8 Å². The van der Waals surface area contributed by atoms with Crippen LogP contribution in [0.1, 0.15) is 5.82 Å². The Bertz CT molecular complexity index is 582. The molecule has 2 rings (SSSR count). The zero-order valence-corrected chi connectivity index (χ0v) is 12.0. The number of aliphatic hydroxyl groups excluding tert-OH is 2. The Morgan fingerprint density at radius 1 is 1.18 bits per heavy atom. The molecule has 0 fully saturated rings. The van der Waals surface area contributed by atoms with E-state index in [0.717, 1.165) is 5.56 Å². The fourth-order valence-corrected chi connectivity index (χ4v) is 1.85. The molecule has 0 unspecified atom stereocenters. The van der Waals surface area contributed by atoms with Gasteiger partial charge in [0.05, 0.1) is 19.8 Å². The standard InChI is InChI=1S/C14H18N4O4/c19-8-6-18(7-9-20)14(21)15-10-12-16-13(22-17-12)11-4-2-1-3-5-11/h1-5,19-20H,6-10H2,(H,15,21). The quantitative estimate of drug-likeness (QED) is 0.675. The van der Waals surface area contributed by atoms with Crippen molar-refractivity contribution in [3.05, 3.63) is 36.2 Å². The minimum absolute atomic E-state index is 0.0997. The number of hydrogen-bond acceptors (Lipinski definition) is 6. The summed E-state index contributed by atoms with van der Waals surface area (Å²) in [5.74, 6) is 0.729. The highest BCUT2D eigenvalue weighted by molar-refractivity contribution is 5.74. The predicted octanol–water partition coefficient (Wildman–Crippen LogP) is 0.233. The van der Waals surface area contributed by atoms with Gasteiger partial charge < -0.3 is 25.0 Å². The number of carbonyl (C=O) groups is 1. The van der Waals surface area contributed by atoms with Crippen LogP contribution in [-0.4, -0.2) is 57.6 Å². The molecule has 8 heteroatoms. The van der Waals surface area contributed by atoms with Gasteiger partial charge in [-0.1, -0.05) is 23.4 Å². The van der Waals surface area contributed by atoms with Gasteiger partial charge in [-0.25, -0.2) is 4.79 Å². The third kappa shape index (κ3) is 4.27. The molecule has 2 amide bonds. The number of carbonyl (C=O) groups excluding carboxylic acids is 1. The fraction of sp³-hybridized carbons (Fsp3) is 0.357. The summed E-state index contributed by atoms with van der Waals surface area (Å²) >= 11 is 0. The van der Waals surface area contributed by atoms with Gasteiger partial charge in [0.25, 0.3) is 5.89 Å². The lowest BCUT2D eigenvalue weighted by Gasteiger charge is -2.20. The summed E-state index contributed by atoms with van der Waals surface area (Å²) in [5, 5.41) is 24.2. The zero-order chi connectivity index (χ0) is 15.8. The molecule has 22 heavy (non-hydrogen) atoms. The Kier molecular flexibility index (Phi) is 5.87. The second-order valence-electron chi connectivity index (χ2n) is 4.47. The maximum absolute atomic E-state index is 11.9. The minimum atomic E-state index is -0.408. The summed E-state index contributed by atoms with van der Waals surface area (Å²) in [6.45, 7) is 0.0475. The van der Waals surface area contributed by atoms with Gasteiger partial charge in [-0.05, 0) is 12.1 Å². The van der Waals surface area contributed by atoms with E-state index < -0.39 is 6.03 Å². The van der Waals surface area contributed by atoms with Gasteiger partial charge in [-0.2, -0.15) is 4.98 Å². The Morgan fingerprint density at radius 2 is 1.86 bits per heavy atom. The first-order valence-electron chi connectivity index (χ1n) is 6.87. The lowest BCUT2D eigenvalue weighted by molar-refractivity contribution is 0.158. The molecule has 0 saturated heterocycles. The number of benzene rings is 1. The third-order valence-corrected chi connectivity index (χ3v) is 2.91. The molecule has 1 aromatic heterocycles. The van der Waals surface area contributed by atoms with Gasteiger partial charge >= 0.3 is 6.03 Å². The summed E-state index contributed by atoms with van der Waals surface area (Å²) in [4.78, 5) is 17.4. The third-order valence-electron chi connectivity index (χ3n) is 2.91. The van der Waals surface area contributed by atoms with Crippen LogP contribution >= 0.6 is 0 Å². The molecule has 0 spiro atoms. The lowest BCUT2D eigenvalue weighted by atomic mass is 10.2. The van der Waals surface area contributed by atoms with Gasteiger partial charge in [0, 0.05) is 18.7 Å². The Balaban J connectivity index is 1.92. The van der Waals surface area contributed by atoms with Crippen LogP contribution in [0.2, 0.25) is 0 Å². The van der Waals surface area contributed by atoms with E-state index in [1.165, 1.54) is 4.90 Å². The van der Waals surface area contributed by atoms with Crippen molar-refractivity contribution in [2.45, 2.75) is 6.54 Å². The van der Waals surface area contributed by atoms with Crippen LogP contribution in [0, 0.1) is 0 Å². The SMILES string of the molecule is O=C(NCc1noc(-c2ccccc2)n1)N(CCO)CCO. The Hall–Kier alpha value is -2.45. The minimum Gasteiger partial charge on any atom is -0.395 e. The summed E-state index contributed by atoms with van der Waals surface area (Å²) in [6, 6.07) is 8.90. The summed E-state index contributed by atoms with van der Waals surface area (Å²) < 4.78 is 5.13. The van der Waals surface area contributed by atoms with Crippen LogP contribution in [0.15, 0.2) is 34.9 Å². The maximum Gasteiger partial charge on any atom is 0.317 e. The molecule has 0 aliphatic rings. The van der Waals surface area contributed by atoms with Crippen molar-refractivity contribution in [3.8, 4) is 11.5 Å². The Morgan fingerprint density at radius 3 is 2.50 bits per heavy atom. The highest BCUT2D eigenvalue weighted by atomic mass is 16.5. The highest BCUT2D eigenvalue weighted by Gasteiger charge is 2.14. The highest BCUT2D eigenvalue weighted by Crippen LogP contribution is 2.15. The molecule has 8 nitrogen and oxygen atoms in total. The van der Waals surface area contributed by atoms with Gasteiger partial charge in [-0.3, -0.25) is 0 Å². The van der Waals surface area contributed by atoms with Crippen molar-refractivity contribution in [1.82, 2.24) is 20.4 Å². The van der Waals surface area contributed by atoms with Crippen LogP contribution < -0.4 is 5.32 Å². The Labute approximate surface area is 127 Å². The number of aliphatic hydroxyl groups is 2. The van der Waals surface area contributed by atoms with E-state index in [2.05, 4.69) is 15.5 Å². The average molecular weight is 306 g/mol. The number of rotatable bonds is 7. The monoisotopic (exact) mass is 306 g/mol. The van der Waals surface area contributed by atoms with Crippen LogP contribution in [-0.2, 0) is 6.54 Å². The van der Waals surface area contributed by atoms with Crippen molar-refractivity contribution in [3.63, 3.8) is 0 Å². The number of hydrogen-bond donors (Lipinski definition) is 3. The molecule has 0 aliphatic heterocycles. The molecule has 2 aromatic rings. The summed E-state index contributed by atoms with van der Waals surface area (Å²) in [5.41, 5.74) is 0.801. The fourth-order valence-electron chi connectivity index (χ4n) is 1.85. The van der Waals surface area contributed by atoms with Gasteiger partial charge in [0.2, 0.25) is 0 Å². The van der Waals surface area contributed by atoms with Crippen LogP contribution in [0.4, 0.5) is 4.79 Å². The second-order valence-corrected chi connectivity index (χ2v) is 4.47. The lowest BCUT2D eigenvalue weighted by Crippen LogP contribution is -2.42. The molecule has 118 valence electrons. The van der Waals surface area contributed by atoms with Crippen molar-refractivity contribution < 1.29 is 19.5 Å². The number of urea groups is 1. The maximum atomic E-state index is 11.9. The van der Waals surface area contributed by atoms with E-state index in [1.807, 2.05) is 30.3 Å². The normalized spacial score (nSPS) is 10.5. The van der Waals surface area contributed by atoms with Crippen LogP contribution in [0.3, 0.4) is 0 Å². The van der Waals surface area contributed by atoms with Gasteiger partial charge in [0.15, 0.2) is 5.82 Å². The average Bonchev–Trinajstić information content (AvgIpc) is 3.02. The molecule has 0 atom stereocenters. The molecule has 0 bridgehead atoms. The topological polar surface area (TPSA) is 112 Å². The van der Waals surface area contributed by atoms with Crippen molar-refractivity contribution in [2.75, 3.05) is 26.3 Å². The molecule has 0 saturated carbocycles. The predicted molar refractivity (Wildman–Crippen MR) is 77.7 cm³/mol. The first-order valence-corrected chi connectivity index (χ1v) is 6.87. The summed E-state index contributed by atoms with van der Waals surface area (Å²) in [7, 11) is 0. The van der Waals surface area contributed by atoms with Crippen molar-refractivity contribution in [1.29, 1.82) is 0 Å². The second kappa shape index (κ2) is 8.11. The number of aromatic nitrogens is 2. The molecule has 1 aromatic carbocycles. The number of amides is 2. The number of nitrogens with zero attached hydrogens (tertiary/aromatic N) is 3. The first kappa shape index (κ1) is 15.9. The molecular formula is C14H18N4O4. The molecule has 0 aliphatic carbocycles. The molecule has 0 radical (unpaired) electrons. The zero-order valence-electron chi connectivity index (χ0n) is 12.0. The largest absolute Gasteiger partial charge is 0.395 e. The summed E-state index contributed by atoms with van der Waals surface area (Å²) in [6.07, 6.45) is 0. The smallest absolute Gasteiger partial charge is 0.317 e. The van der Waals surface area contributed by atoms with Crippen molar-refractivity contribution >= 4 is 6.03 Å². The van der Waals surface area contributed by atoms with E-state index in [9.17, 15) is 4.79 Å². The first-order chi connectivity index (χ1) is 10.7. The molecular weight excluding hydrogens is 288 g/mol. The van der Waals surface area contributed by atoms with E-state index in [4.69, 9.17) is 14.7 Å². The number of nitrogens with one attached hydrogen (secondary N) is 1. The van der Waals surface area contributed by atoms with Crippen molar-refractivity contribution in [2.24, 2.45) is 0 Å².